The Morgan fingerprint density at radius 2 is 1.59 bits per heavy atom. The Labute approximate surface area is 248 Å². The summed E-state index contributed by atoms with van der Waals surface area (Å²) in [6.07, 6.45) is 1.18. The van der Waals surface area contributed by atoms with E-state index in [2.05, 4.69) is 10.0 Å². The molecule has 2 amide bonds. The van der Waals surface area contributed by atoms with E-state index < -0.39 is 16.1 Å². The van der Waals surface area contributed by atoms with Gasteiger partial charge in [0.15, 0.2) is 0 Å². The molecular formula is C31H38ClN3O5S. The van der Waals surface area contributed by atoms with Gasteiger partial charge >= 0.3 is 0 Å². The Kier molecular flexibility index (Phi) is 12.8. The maximum Gasteiger partial charge on any atom is 0.247 e. The number of nitrogens with zero attached hydrogens (tertiary/aromatic N) is 1. The fourth-order valence-electron chi connectivity index (χ4n) is 4.35. The molecule has 2 N–H and O–H groups in total. The van der Waals surface area contributed by atoms with Crippen LogP contribution in [0.1, 0.15) is 49.4 Å². The minimum atomic E-state index is -3.56. The first-order chi connectivity index (χ1) is 19.7. The number of aryl methyl sites for hydroxylation is 1. The first kappa shape index (κ1) is 32.3. The van der Waals surface area contributed by atoms with Gasteiger partial charge in [-0.25, -0.2) is 13.1 Å². The van der Waals surface area contributed by atoms with Crippen molar-refractivity contribution in [2.75, 3.05) is 26.3 Å². The Morgan fingerprint density at radius 1 is 0.927 bits per heavy atom. The zero-order chi connectivity index (χ0) is 29.7. The molecule has 3 aromatic carbocycles. The zero-order valence-corrected chi connectivity index (χ0v) is 25.1. The molecule has 0 saturated carbocycles. The average Bonchev–Trinajstić information content (AvgIpc) is 2.97. The summed E-state index contributed by atoms with van der Waals surface area (Å²) in [4.78, 5) is 29.2. The summed E-state index contributed by atoms with van der Waals surface area (Å²) < 4.78 is 32.4. The molecule has 41 heavy (non-hydrogen) atoms. The summed E-state index contributed by atoms with van der Waals surface area (Å²) in [6, 6.07) is 22.1. The fraction of sp³-hybridized carbons (Fsp3) is 0.355. The van der Waals surface area contributed by atoms with E-state index in [1.807, 2.05) is 49.4 Å². The van der Waals surface area contributed by atoms with E-state index in [1.54, 1.807) is 36.1 Å². The third-order valence-corrected chi connectivity index (χ3v) is 8.24. The number of carbonyl (C=O) groups is 2. The highest BCUT2D eigenvalue weighted by Crippen LogP contribution is 2.26. The normalized spacial score (nSPS) is 12.1. The van der Waals surface area contributed by atoms with Gasteiger partial charge in [0.1, 0.15) is 6.04 Å². The van der Waals surface area contributed by atoms with Crippen molar-refractivity contribution in [3.05, 3.63) is 101 Å². The van der Waals surface area contributed by atoms with E-state index >= 15 is 0 Å². The molecule has 8 nitrogen and oxygen atoms in total. The van der Waals surface area contributed by atoms with Crippen LogP contribution in [0.3, 0.4) is 0 Å². The number of amides is 2. The van der Waals surface area contributed by atoms with Gasteiger partial charge in [-0.05, 0) is 60.7 Å². The van der Waals surface area contributed by atoms with Gasteiger partial charge in [0.2, 0.25) is 21.8 Å². The van der Waals surface area contributed by atoms with Crippen molar-refractivity contribution in [2.24, 2.45) is 0 Å². The van der Waals surface area contributed by atoms with Crippen LogP contribution in [0, 0.1) is 0 Å². The van der Waals surface area contributed by atoms with Crippen LogP contribution in [0.5, 0.6) is 0 Å². The second kappa shape index (κ2) is 16.3. The molecule has 3 aromatic rings. The van der Waals surface area contributed by atoms with Crippen LogP contribution in [-0.2, 0) is 37.3 Å². The highest BCUT2D eigenvalue weighted by Gasteiger charge is 2.31. The van der Waals surface area contributed by atoms with Crippen LogP contribution < -0.4 is 10.0 Å². The van der Waals surface area contributed by atoms with Crippen LogP contribution >= 0.6 is 11.6 Å². The predicted molar refractivity (Wildman–Crippen MR) is 161 cm³/mol. The zero-order valence-electron chi connectivity index (χ0n) is 23.5. The Bertz CT molecular complexity index is 1350. The first-order valence-corrected chi connectivity index (χ1v) is 15.6. The van der Waals surface area contributed by atoms with E-state index in [-0.39, 0.29) is 29.7 Å². The van der Waals surface area contributed by atoms with Gasteiger partial charge in [0.05, 0.1) is 4.90 Å². The highest BCUT2D eigenvalue weighted by molar-refractivity contribution is 7.89. The maximum absolute atomic E-state index is 13.8. The molecule has 10 heteroatoms. The Balaban J connectivity index is 1.84. The van der Waals surface area contributed by atoms with E-state index in [9.17, 15) is 18.0 Å². The lowest BCUT2D eigenvalue weighted by atomic mass is 10.0. The number of ether oxygens (including phenoxy) is 1. The third kappa shape index (κ3) is 9.97. The van der Waals surface area contributed by atoms with Crippen molar-refractivity contribution in [1.82, 2.24) is 14.9 Å². The minimum absolute atomic E-state index is 0.133. The molecule has 0 aromatic heterocycles. The van der Waals surface area contributed by atoms with Gasteiger partial charge in [0.25, 0.3) is 0 Å². The summed E-state index contributed by atoms with van der Waals surface area (Å²) >= 11 is 6.09. The minimum Gasteiger partial charge on any atom is -0.382 e. The number of carbonyl (C=O) groups excluding carboxylic acids is 2. The second-order valence-electron chi connectivity index (χ2n) is 9.45. The Morgan fingerprint density at radius 3 is 2.22 bits per heavy atom. The predicted octanol–water partition coefficient (Wildman–Crippen LogP) is 4.88. The molecule has 0 bridgehead atoms. The Hall–Kier alpha value is -3.24. The second-order valence-corrected chi connectivity index (χ2v) is 11.7. The molecule has 0 aliphatic heterocycles. The number of hydrogen-bond donors (Lipinski definition) is 2. The van der Waals surface area contributed by atoms with Crippen LogP contribution in [-0.4, -0.2) is 51.4 Å². The van der Waals surface area contributed by atoms with Gasteiger partial charge in [0, 0.05) is 44.3 Å². The lowest BCUT2D eigenvalue weighted by Gasteiger charge is -2.32. The molecule has 0 aliphatic rings. The number of benzene rings is 3. The summed E-state index contributed by atoms with van der Waals surface area (Å²) in [7, 11) is -3.56. The van der Waals surface area contributed by atoms with Gasteiger partial charge in [-0.3, -0.25) is 9.59 Å². The largest absolute Gasteiger partial charge is 0.382 e. The van der Waals surface area contributed by atoms with Crippen molar-refractivity contribution in [1.29, 1.82) is 0 Å². The van der Waals surface area contributed by atoms with Crippen molar-refractivity contribution in [2.45, 2.75) is 50.6 Å². The first-order valence-electron chi connectivity index (χ1n) is 13.8. The van der Waals surface area contributed by atoms with Crippen LogP contribution in [0.25, 0.3) is 0 Å². The number of hydrogen-bond acceptors (Lipinski definition) is 5. The van der Waals surface area contributed by atoms with Crippen LogP contribution in [0.2, 0.25) is 5.02 Å². The fourth-order valence-corrected chi connectivity index (χ4v) is 5.52. The van der Waals surface area contributed by atoms with Crippen molar-refractivity contribution >= 4 is 33.4 Å². The number of sulfonamides is 1. The van der Waals surface area contributed by atoms with E-state index in [4.69, 9.17) is 16.3 Å². The standard InChI is InChI=1S/C31H38ClN3O5S/c1-3-34-41(38,39)28-18-13-24(14-19-28)15-20-29(36)35(23-25-11-16-27(32)17-12-25)30(26-9-6-5-7-10-26)31(37)33-21-8-22-40-4-2/h5-7,9-14,16-19,30,34H,3-4,8,15,20-23H2,1-2H3,(H,33,37)/t30-/m1/s1. The van der Waals surface area contributed by atoms with E-state index in [0.29, 0.717) is 49.7 Å². The lowest BCUT2D eigenvalue weighted by Crippen LogP contribution is -2.43. The molecule has 220 valence electrons. The monoisotopic (exact) mass is 599 g/mol. The highest BCUT2D eigenvalue weighted by atomic mass is 35.5. The maximum atomic E-state index is 13.8. The number of nitrogens with one attached hydrogen (secondary N) is 2. The quantitative estimate of drug-likeness (QED) is 0.228. The smallest absolute Gasteiger partial charge is 0.247 e. The average molecular weight is 600 g/mol. The molecule has 0 spiro atoms. The van der Waals surface area contributed by atoms with Crippen LogP contribution in [0.15, 0.2) is 83.8 Å². The van der Waals surface area contributed by atoms with Crippen molar-refractivity contribution in [3.63, 3.8) is 0 Å². The molecule has 0 saturated heterocycles. The van der Waals surface area contributed by atoms with Gasteiger partial charge in [-0.15, -0.1) is 0 Å². The van der Waals surface area contributed by atoms with Gasteiger partial charge in [-0.2, -0.15) is 0 Å². The number of halogens is 1. The SMILES string of the molecule is CCNS(=O)(=O)c1ccc(CCC(=O)N(Cc2ccc(Cl)cc2)[C@@H](C(=O)NCCCOCC)c2ccccc2)cc1. The summed E-state index contributed by atoms with van der Waals surface area (Å²) in [5, 5.41) is 3.56. The summed E-state index contributed by atoms with van der Waals surface area (Å²) in [6.45, 7) is 5.72. The van der Waals surface area contributed by atoms with Gasteiger partial charge < -0.3 is 15.0 Å². The molecule has 0 unspecified atom stereocenters. The van der Waals surface area contributed by atoms with Gasteiger partial charge in [-0.1, -0.05) is 73.1 Å². The molecule has 0 heterocycles. The molecular weight excluding hydrogens is 562 g/mol. The lowest BCUT2D eigenvalue weighted by molar-refractivity contribution is -0.141. The molecule has 0 fully saturated rings. The van der Waals surface area contributed by atoms with E-state index in [1.165, 1.54) is 12.1 Å². The summed E-state index contributed by atoms with van der Waals surface area (Å²) in [5.41, 5.74) is 2.36. The number of rotatable bonds is 16. The van der Waals surface area contributed by atoms with Crippen molar-refractivity contribution < 1.29 is 22.7 Å². The molecule has 1 atom stereocenters. The topological polar surface area (TPSA) is 105 Å². The van der Waals surface area contributed by atoms with Crippen LogP contribution in [0.4, 0.5) is 0 Å². The molecule has 0 radical (unpaired) electrons. The molecule has 0 aliphatic carbocycles. The molecule has 3 rings (SSSR count). The summed E-state index contributed by atoms with van der Waals surface area (Å²) in [5.74, 6) is -0.476. The van der Waals surface area contributed by atoms with E-state index in [0.717, 1.165) is 11.1 Å². The van der Waals surface area contributed by atoms with Crippen molar-refractivity contribution in [3.8, 4) is 0 Å². The third-order valence-electron chi connectivity index (χ3n) is 6.43.